The molecule has 0 aromatic carbocycles. The molecular formula is C32H67O4PS. The maximum Gasteiger partial charge on any atom is 0.469 e. The van der Waals surface area contributed by atoms with Crippen molar-refractivity contribution in [2.45, 2.75) is 193 Å². The van der Waals surface area contributed by atoms with Crippen molar-refractivity contribution in [2.24, 2.45) is 0 Å². The number of phosphoric acid groups is 1. The Labute approximate surface area is 243 Å². The van der Waals surface area contributed by atoms with E-state index in [1.54, 1.807) is 0 Å². The fraction of sp³-hybridized carbons (Fsp3) is 1.00. The average Bonchev–Trinajstić information content (AvgIpc) is 2.88. The lowest BCUT2D eigenvalue weighted by molar-refractivity contribution is 0.193. The summed E-state index contributed by atoms with van der Waals surface area (Å²) in [5.74, 6) is 1.06. The van der Waals surface area contributed by atoms with Gasteiger partial charge in [0.15, 0.2) is 0 Å². The molecule has 0 aliphatic carbocycles. The number of thiol groups is 1. The van der Waals surface area contributed by atoms with Gasteiger partial charge in [-0.2, -0.15) is 12.6 Å². The molecule has 0 amide bonds. The zero-order valence-corrected chi connectivity index (χ0v) is 27.0. The van der Waals surface area contributed by atoms with Gasteiger partial charge in [0.05, 0.1) is 6.61 Å². The Morgan fingerprint density at radius 1 is 0.368 bits per heavy atom. The van der Waals surface area contributed by atoms with E-state index in [1.807, 2.05) is 0 Å². The summed E-state index contributed by atoms with van der Waals surface area (Å²) in [7, 11) is -4.27. The highest BCUT2D eigenvalue weighted by Gasteiger charge is 2.12. The third kappa shape index (κ3) is 36.5. The Kier molecular flexibility index (Phi) is 32.4. The molecule has 0 radical (unpaired) electrons. The van der Waals surface area contributed by atoms with Crippen molar-refractivity contribution in [3.05, 3.63) is 0 Å². The van der Waals surface area contributed by atoms with E-state index < -0.39 is 7.82 Å². The summed E-state index contributed by atoms with van der Waals surface area (Å²) in [5.41, 5.74) is 0. The summed E-state index contributed by atoms with van der Waals surface area (Å²) in [6.45, 7) is 0.169. The molecule has 0 heterocycles. The molecule has 0 fully saturated rings. The maximum atomic E-state index is 10.6. The summed E-state index contributed by atoms with van der Waals surface area (Å²) in [6.07, 6.45) is 41.0. The van der Waals surface area contributed by atoms with E-state index in [0.29, 0.717) is 0 Å². The number of unbranched alkanes of at least 4 members (excludes halogenated alkanes) is 29. The summed E-state index contributed by atoms with van der Waals surface area (Å²) < 4.78 is 15.0. The van der Waals surface area contributed by atoms with Crippen LogP contribution < -0.4 is 0 Å². The van der Waals surface area contributed by atoms with Gasteiger partial charge in [0.25, 0.3) is 0 Å². The van der Waals surface area contributed by atoms with E-state index in [4.69, 9.17) is 9.79 Å². The minimum atomic E-state index is -4.27. The minimum absolute atomic E-state index is 0.169. The van der Waals surface area contributed by atoms with Crippen molar-refractivity contribution in [1.82, 2.24) is 0 Å². The van der Waals surface area contributed by atoms with Crippen LogP contribution in [-0.4, -0.2) is 22.1 Å². The van der Waals surface area contributed by atoms with Crippen LogP contribution in [0.2, 0.25) is 0 Å². The van der Waals surface area contributed by atoms with Crippen molar-refractivity contribution in [3.8, 4) is 0 Å². The first-order chi connectivity index (χ1) is 18.6. The van der Waals surface area contributed by atoms with E-state index in [2.05, 4.69) is 17.2 Å². The fourth-order valence-electron chi connectivity index (χ4n) is 5.35. The van der Waals surface area contributed by atoms with E-state index >= 15 is 0 Å². The largest absolute Gasteiger partial charge is 0.469 e. The quantitative estimate of drug-likeness (QED) is 0.0411. The SMILES string of the molecule is O=P(O)(O)OCCCCCCCCCCCCCCCCCCCCCCCCCCCCCCCCS. The van der Waals surface area contributed by atoms with E-state index in [-0.39, 0.29) is 6.61 Å². The number of hydrogen-bond donors (Lipinski definition) is 3. The molecule has 0 aromatic rings. The summed E-state index contributed by atoms with van der Waals surface area (Å²) in [5, 5.41) is 0. The lowest BCUT2D eigenvalue weighted by Crippen LogP contribution is -1.92. The van der Waals surface area contributed by atoms with Gasteiger partial charge in [-0.15, -0.1) is 0 Å². The van der Waals surface area contributed by atoms with Crippen LogP contribution in [0.25, 0.3) is 0 Å². The zero-order valence-electron chi connectivity index (χ0n) is 25.2. The van der Waals surface area contributed by atoms with Crippen molar-refractivity contribution in [1.29, 1.82) is 0 Å². The molecule has 4 nitrogen and oxygen atoms in total. The predicted octanol–water partition coefficient (Wildman–Crippen LogP) is 11.7. The molecule has 0 saturated carbocycles. The second kappa shape index (κ2) is 32.0. The molecule has 6 heteroatoms. The van der Waals surface area contributed by atoms with Crippen molar-refractivity contribution >= 4 is 20.5 Å². The second-order valence-corrected chi connectivity index (χ2v) is 13.3. The van der Waals surface area contributed by atoms with Crippen LogP contribution >= 0.6 is 20.5 Å². The van der Waals surface area contributed by atoms with E-state index in [1.165, 1.54) is 173 Å². The number of hydrogen-bond acceptors (Lipinski definition) is 3. The molecule has 0 aliphatic rings. The van der Waals surface area contributed by atoms with Gasteiger partial charge in [0.2, 0.25) is 0 Å². The van der Waals surface area contributed by atoms with E-state index in [0.717, 1.165) is 25.0 Å². The number of rotatable bonds is 33. The van der Waals surface area contributed by atoms with Crippen LogP contribution in [0.3, 0.4) is 0 Å². The third-order valence-electron chi connectivity index (χ3n) is 7.81. The molecule has 0 atom stereocenters. The molecule has 230 valence electrons. The first-order valence-electron chi connectivity index (χ1n) is 16.9. The van der Waals surface area contributed by atoms with Gasteiger partial charge < -0.3 is 9.79 Å². The molecule has 38 heavy (non-hydrogen) atoms. The van der Waals surface area contributed by atoms with Gasteiger partial charge >= 0.3 is 7.82 Å². The maximum absolute atomic E-state index is 10.6. The third-order valence-corrected chi connectivity index (χ3v) is 8.65. The Hall–Kier alpha value is 0.460. The summed E-state index contributed by atoms with van der Waals surface area (Å²) in [4.78, 5) is 17.2. The molecule has 0 aliphatic heterocycles. The molecule has 0 unspecified atom stereocenters. The standard InChI is InChI=1S/C32H67O4PS/c33-37(34,35)36-31-29-27-25-23-21-19-17-15-13-11-9-7-5-3-1-2-4-6-8-10-12-14-16-18-20-22-24-26-28-30-32-38/h38H,1-32H2,(H2,33,34,35). The molecule has 0 rings (SSSR count). The Morgan fingerprint density at radius 2 is 0.553 bits per heavy atom. The fourth-order valence-corrected chi connectivity index (χ4v) is 5.94. The number of phosphoric ester groups is 1. The molecule has 0 saturated heterocycles. The zero-order chi connectivity index (χ0) is 27.8. The second-order valence-electron chi connectivity index (χ2n) is 11.7. The Balaban J connectivity index is 3.04. The molecular weight excluding hydrogens is 511 g/mol. The highest BCUT2D eigenvalue weighted by Crippen LogP contribution is 2.35. The van der Waals surface area contributed by atoms with Crippen LogP contribution in [0.1, 0.15) is 193 Å². The first kappa shape index (κ1) is 38.5. The van der Waals surface area contributed by atoms with Gasteiger partial charge in [0, 0.05) is 0 Å². The van der Waals surface area contributed by atoms with Crippen molar-refractivity contribution in [3.63, 3.8) is 0 Å². The first-order valence-corrected chi connectivity index (χ1v) is 19.0. The van der Waals surface area contributed by atoms with Crippen LogP contribution in [0.15, 0.2) is 0 Å². The topological polar surface area (TPSA) is 66.8 Å². The highest BCUT2D eigenvalue weighted by atomic mass is 32.1. The van der Waals surface area contributed by atoms with Gasteiger partial charge in [0.1, 0.15) is 0 Å². The van der Waals surface area contributed by atoms with Crippen LogP contribution in [0.5, 0.6) is 0 Å². The average molecular weight is 579 g/mol. The molecule has 2 N–H and O–H groups in total. The van der Waals surface area contributed by atoms with Crippen molar-refractivity contribution in [2.75, 3.05) is 12.4 Å². The van der Waals surface area contributed by atoms with Gasteiger partial charge in [-0.1, -0.05) is 180 Å². The smallest absolute Gasteiger partial charge is 0.303 e. The van der Waals surface area contributed by atoms with Crippen LogP contribution in [0, 0.1) is 0 Å². The molecule has 0 bridgehead atoms. The highest BCUT2D eigenvalue weighted by molar-refractivity contribution is 7.80. The minimum Gasteiger partial charge on any atom is -0.303 e. The van der Waals surface area contributed by atoms with Gasteiger partial charge in [-0.3, -0.25) is 4.52 Å². The summed E-state index contributed by atoms with van der Waals surface area (Å²) >= 11 is 4.28. The molecule has 0 spiro atoms. The van der Waals surface area contributed by atoms with Crippen molar-refractivity contribution < 1.29 is 18.9 Å². The van der Waals surface area contributed by atoms with Crippen LogP contribution in [-0.2, 0) is 9.09 Å². The summed E-state index contributed by atoms with van der Waals surface area (Å²) in [6, 6.07) is 0. The molecule has 0 aromatic heterocycles. The van der Waals surface area contributed by atoms with E-state index in [9.17, 15) is 4.57 Å². The Morgan fingerprint density at radius 3 is 0.737 bits per heavy atom. The van der Waals surface area contributed by atoms with Gasteiger partial charge in [-0.05, 0) is 18.6 Å². The lowest BCUT2D eigenvalue weighted by Gasteiger charge is -2.05. The van der Waals surface area contributed by atoms with Crippen LogP contribution in [0.4, 0.5) is 0 Å². The van der Waals surface area contributed by atoms with Gasteiger partial charge in [-0.25, -0.2) is 4.57 Å². The predicted molar refractivity (Wildman–Crippen MR) is 170 cm³/mol. The Bertz CT molecular complexity index is 486. The normalized spacial score (nSPS) is 12.0. The lowest BCUT2D eigenvalue weighted by atomic mass is 10.0. The monoisotopic (exact) mass is 578 g/mol.